The molecule has 17 unspecified atom stereocenters. The third kappa shape index (κ3) is 15.7. The first-order chi connectivity index (χ1) is 40.2. The van der Waals surface area contributed by atoms with Gasteiger partial charge in [-0.25, -0.2) is 4.79 Å². The van der Waals surface area contributed by atoms with Crippen molar-refractivity contribution in [3.8, 4) is 40.9 Å². The Morgan fingerprint density at radius 1 is 0.893 bits per heavy atom. The molecule has 0 spiro atoms. The molecule has 2 bridgehead atoms. The summed E-state index contributed by atoms with van der Waals surface area (Å²) in [5.41, 5.74) is 1.42. The standard InChI is InChI=1S/C56H76IN3O20S4/c1-12-58-31-25-74-37(23-35(31)69-6)79-50-46(65)42(28(4)76-54(50)78-34-17-15-13-14-16-19-56(68)24-33(62)43(59-55(67)73-10)40(34)30(56)18-20-82-84-81-11)60-80-38-22-32(61)52(29(5)75-38)83-53(66)39-27(3)41(57)48(51(72-9)47(39)70-7)77-36-21-26(2)44(63)49(71-8)45(36)64/h13-14,18,26,28-29,31-32,34-38,42,44-46,49-50,52,54,58,60-61,63-65,68H,12,20-25H2,1-11H3,(H,59,67)/b14-13-,30-18+/t26?,28?,29?,31?,32?,34-,35?,36?,37?,38?,42?,44?,45?,46?,49?,50?,52?,54?,56-/m0/s1. The molecule has 1 aromatic carbocycles. The summed E-state index contributed by atoms with van der Waals surface area (Å²) in [7, 11) is 11.4. The molecule has 0 radical (unpaired) electrons. The van der Waals surface area contributed by atoms with E-state index in [0.29, 0.717) is 27.9 Å². The van der Waals surface area contributed by atoms with Gasteiger partial charge in [0, 0.05) is 44.0 Å². The number of amides is 1. The van der Waals surface area contributed by atoms with Gasteiger partial charge in [0.05, 0.1) is 97.0 Å². The van der Waals surface area contributed by atoms with E-state index in [1.165, 1.54) is 64.9 Å². The maximum Gasteiger partial charge on any atom is 0.411 e. The Balaban J connectivity index is 1.12. The lowest BCUT2D eigenvalue weighted by atomic mass is 9.75. The normalized spacial score (nSPS) is 35.9. The van der Waals surface area contributed by atoms with Gasteiger partial charge in [0.15, 0.2) is 41.8 Å². The summed E-state index contributed by atoms with van der Waals surface area (Å²) < 4.78 is 67.2. The van der Waals surface area contributed by atoms with E-state index in [9.17, 15) is 39.9 Å². The number of fused-ring (bicyclic) bond motifs is 2. The van der Waals surface area contributed by atoms with E-state index in [4.69, 9.17) is 56.9 Å². The van der Waals surface area contributed by atoms with Gasteiger partial charge in [0.1, 0.15) is 36.6 Å². The summed E-state index contributed by atoms with van der Waals surface area (Å²) in [4.78, 5) is 47.6. The Kier molecular flexibility index (Phi) is 25.7. The molecule has 84 heavy (non-hydrogen) atoms. The minimum absolute atomic E-state index is 0.0114. The van der Waals surface area contributed by atoms with Crippen molar-refractivity contribution in [3.05, 3.63) is 49.8 Å². The van der Waals surface area contributed by atoms with Crippen LogP contribution in [0.4, 0.5) is 4.79 Å². The fraction of sp³-hybridized carbons (Fsp3) is 0.661. The number of ether oxygens (including phenoxy) is 11. The van der Waals surface area contributed by atoms with Crippen molar-refractivity contribution in [1.82, 2.24) is 16.1 Å². The number of ketones is 1. The van der Waals surface area contributed by atoms with E-state index in [0.717, 1.165) is 18.9 Å². The molecular weight excluding hydrogens is 1290 g/mol. The topological polar surface area (TPSA) is 299 Å². The number of allylic oxidation sites excluding steroid dienone is 3. The lowest BCUT2D eigenvalue weighted by Gasteiger charge is -2.46. The van der Waals surface area contributed by atoms with Gasteiger partial charge >= 0.3 is 6.09 Å². The van der Waals surface area contributed by atoms with E-state index >= 15 is 0 Å². The number of aliphatic hydroxyl groups excluding tert-OH is 4. The molecule has 7 rings (SSSR count). The number of Topliss-reactive ketones (excluding diaryl/α,β-unsaturated/α-hetero) is 1. The van der Waals surface area contributed by atoms with Gasteiger partial charge in [0.25, 0.3) is 0 Å². The highest BCUT2D eigenvalue weighted by Gasteiger charge is 2.52. The van der Waals surface area contributed by atoms with Crippen LogP contribution in [-0.2, 0) is 47.5 Å². The number of hydrogen-bond donors (Lipinski definition) is 8. The molecule has 3 aliphatic heterocycles. The third-order valence-corrected chi connectivity index (χ3v) is 21.7. The number of likely N-dealkylation sites (N-methyl/N-ethyl adjacent to an activating group) is 1. The molecule has 1 saturated carbocycles. The Hall–Kier alpha value is -2.90. The van der Waals surface area contributed by atoms with Crippen molar-refractivity contribution >= 4 is 82.8 Å². The van der Waals surface area contributed by atoms with Gasteiger partial charge in [-0.2, -0.15) is 5.48 Å². The Labute approximate surface area is 519 Å². The van der Waals surface area contributed by atoms with E-state index < -0.39 is 120 Å². The van der Waals surface area contributed by atoms with Crippen LogP contribution >= 0.6 is 65.8 Å². The smallest absolute Gasteiger partial charge is 0.411 e. The molecule has 3 aliphatic carbocycles. The molecule has 4 fully saturated rings. The number of carbonyl (C=O) groups excluding carboxylic acids is 3. The summed E-state index contributed by atoms with van der Waals surface area (Å²) in [5, 5.41) is 63.0. The zero-order valence-corrected chi connectivity index (χ0v) is 53.9. The van der Waals surface area contributed by atoms with Crippen molar-refractivity contribution in [2.45, 2.75) is 169 Å². The molecule has 28 heteroatoms. The highest BCUT2D eigenvalue weighted by Crippen LogP contribution is 2.49. The SMILES string of the molecule is CCNC1COC(OC2C(O[C@H]3C#C/C=C\C#C[C@]4(O)CC(=O)C(NC(=O)OC)=C3/C4=C\CSSSC)OC(C)C(NOC3CC(O)C(SC(=O)c4c(C)c(I)c(OC5CC(C)C(O)C(OC)C5O)c(OC)c4OC)C(C)O3)C2O)CC1OC. The molecule has 3 heterocycles. The van der Waals surface area contributed by atoms with Crippen LogP contribution in [0.25, 0.3) is 0 Å². The average Bonchev–Trinajstić information content (AvgIpc) is 1.36. The molecule has 466 valence electrons. The second-order valence-electron chi connectivity index (χ2n) is 20.6. The molecular formula is C56H76IN3O20S4. The molecule has 6 aliphatic rings. The second kappa shape index (κ2) is 31.5. The maximum absolute atomic E-state index is 14.5. The summed E-state index contributed by atoms with van der Waals surface area (Å²) in [6, 6.07) is -1.25. The van der Waals surface area contributed by atoms with E-state index in [1.54, 1.807) is 34.0 Å². The maximum atomic E-state index is 14.5. The number of carbonyl (C=O) groups is 3. The van der Waals surface area contributed by atoms with Crippen LogP contribution in [0.15, 0.2) is 35.1 Å². The fourth-order valence-corrected chi connectivity index (χ4v) is 15.1. The number of methoxy groups -OCH3 is 5. The minimum atomic E-state index is -2.05. The zero-order chi connectivity index (χ0) is 61.2. The Morgan fingerprint density at radius 2 is 1.63 bits per heavy atom. The van der Waals surface area contributed by atoms with Gasteiger partial charge in [-0.1, -0.05) is 77.0 Å². The predicted molar refractivity (Wildman–Crippen MR) is 323 cm³/mol. The second-order valence-corrected chi connectivity index (χ2v) is 27.2. The highest BCUT2D eigenvalue weighted by molar-refractivity contribution is 14.1. The Bertz CT molecular complexity index is 2710. The first-order valence-electron chi connectivity index (χ1n) is 27.2. The number of alkyl carbamates (subject to hydrolysis) is 1. The molecule has 3 saturated heterocycles. The van der Waals surface area contributed by atoms with Crippen LogP contribution < -0.4 is 30.3 Å². The van der Waals surface area contributed by atoms with Gasteiger partial charge in [-0.3, -0.25) is 19.7 Å². The lowest BCUT2D eigenvalue weighted by molar-refractivity contribution is -0.336. The van der Waals surface area contributed by atoms with Gasteiger partial charge in [-0.05, 0) is 96.0 Å². The van der Waals surface area contributed by atoms with Crippen LogP contribution in [0.1, 0.15) is 69.3 Å². The van der Waals surface area contributed by atoms with Crippen LogP contribution in [-0.4, -0.2) is 212 Å². The van der Waals surface area contributed by atoms with Crippen molar-refractivity contribution in [1.29, 1.82) is 0 Å². The summed E-state index contributed by atoms with van der Waals surface area (Å²) in [6.07, 6.45) is -9.62. The third-order valence-electron chi connectivity index (χ3n) is 15.3. The molecule has 0 aromatic heterocycles. The number of hydrogen-bond acceptors (Lipinski definition) is 26. The lowest BCUT2D eigenvalue weighted by Crippen LogP contribution is -2.65. The van der Waals surface area contributed by atoms with Crippen molar-refractivity contribution < 1.29 is 96.9 Å². The fourth-order valence-electron chi connectivity index (χ4n) is 10.9. The van der Waals surface area contributed by atoms with Gasteiger partial charge in [-0.15, -0.1) is 0 Å². The average molecular weight is 1370 g/mol. The first-order valence-corrected chi connectivity index (χ1v) is 33.2. The van der Waals surface area contributed by atoms with Crippen LogP contribution in [0.3, 0.4) is 0 Å². The number of rotatable bonds is 22. The molecule has 1 aromatic rings. The van der Waals surface area contributed by atoms with Gasteiger partial charge < -0.3 is 83.0 Å². The summed E-state index contributed by atoms with van der Waals surface area (Å²) in [5.74, 6) is 11.3. The highest BCUT2D eigenvalue weighted by atomic mass is 127. The van der Waals surface area contributed by atoms with Crippen molar-refractivity contribution in [3.63, 3.8) is 0 Å². The monoisotopic (exact) mass is 1370 g/mol. The molecule has 8 N–H and O–H groups in total. The summed E-state index contributed by atoms with van der Waals surface area (Å²) >= 11 is 2.91. The Morgan fingerprint density at radius 3 is 2.30 bits per heavy atom. The number of hydroxylamine groups is 1. The largest absolute Gasteiger partial charge is 0.492 e. The number of aliphatic hydroxyl groups is 5. The molecule has 1 amide bonds. The first kappa shape index (κ1) is 68.6. The van der Waals surface area contributed by atoms with Crippen LogP contribution in [0, 0.1) is 40.1 Å². The van der Waals surface area contributed by atoms with E-state index in [2.05, 4.69) is 62.4 Å². The summed E-state index contributed by atoms with van der Waals surface area (Å²) in [6.45, 7) is 9.70. The van der Waals surface area contributed by atoms with E-state index in [1.807, 2.05) is 20.1 Å². The number of thioether (sulfide) groups is 1. The van der Waals surface area contributed by atoms with Crippen molar-refractivity contribution in [2.75, 3.05) is 60.7 Å². The minimum Gasteiger partial charge on any atom is -0.492 e. The van der Waals surface area contributed by atoms with E-state index in [-0.39, 0.29) is 77.2 Å². The number of halogens is 1. The number of benzene rings is 1. The molecule has 23 nitrogen and oxygen atoms in total. The van der Waals surface area contributed by atoms with Crippen LogP contribution in [0.5, 0.6) is 17.2 Å². The predicted octanol–water partition coefficient (Wildman–Crippen LogP) is 3.86. The van der Waals surface area contributed by atoms with Crippen LogP contribution in [0.2, 0.25) is 0 Å². The molecule has 19 atom stereocenters. The van der Waals surface area contributed by atoms with Crippen molar-refractivity contribution in [2.24, 2.45) is 5.92 Å². The quantitative estimate of drug-likeness (QED) is 0.0269. The number of nitrogens with one attached hydrogen (secondary N) is 3. The van der Waals surface area contributed by atoms with Gasteiger partial charge in [0.2, 0.25) is 10.9 Å². The zero-order valence-electron chi connectivity index (χ0n) is 48.4.